The van der Waals surface area contributed by atoms with Crippen molar-refractivity contribution in [2.24, 2.45) is 0 Å². The SMILES string of the molecule is CNCCC[C@H](NC)C(=O)NC(CC(=O)OC)Cc1cccc(-c2ccc(OCc3ccccc3)c(C[C@H](NC)C(=O)O)c2)c1. The van der Waals surface area contributed by atoms with Crippen molar-refractivity contribution in [3.63, 3.8) is 0 Å². The minimum Gasteiger partial charge on any atom is -0.489 e. The highest BCUT2D eigenvalue weighted by molar-refractivity contribution is 5.82. The standard InChI is InChI=1S/C35H46N4O6/c1-36-17-9-14-30(37-2)34(41)39-29(22-33(40)44-4)19-25-12-8-13-26(18-25)27-15-16-32(45-23-24-10-6-5-7-11-24)28(20-27)21-31(38-3)35(42)43/h5-8,10-13,15-16,18,20,29-31,36-38H,9,14,17,19,21-23H2,1-4H3,(H,39,41)(H,42,43)/t29?,30-,31-/m0/s1. The van der Waals surface area contributed by atoms with E-state index in [1.54, 1.807) is 14.1 Å². The van der Waals surface area contributed by atoms with Crippen molar-refractivity contribution in [3.05, 3.63) is 89.5 Å². The van der Waals surface area contributed by atoms with Crippen LogP contribution in [0.15, 0.2) is 72.8 Å². The number of rotatable bonds is 19. The van der Waals surface area contributed by atoms with Gasteiger partial charge in [-0.15, -0.1) is 0 Å². The highest BCUT2D eigenvalue weighted by Gasteiger charge is 2.23. The average molecular weight is 619 g/mol. The first-order valence-electron chi connectivity index (χ1n) is 15.3. The molecule has 3 aromatic carbocycles. The molecule has 1 unspecified atom stereocenters. The number of ether oxygens (including phenoxy) is 2. The molecule has 0 aliphatic heterocycles. The van der Waals surface area contributed by atoms with Gasteiger partial charge in [0, 0.05) is 12.5 Å². The lowest BCUT2D eigenvalue weighted by Gasteiger charge is -2.22. The summed E-state index contributed by atoms with van der Waals surface area (Å²) >= 11 is 0. The van der Waals surface area contributed by atoms with Crippen molar-refractivity contribution in [3.8, 4) is 16.9 Å². The third kappa shape index (κ3) is 11.3. The fraction of sp³-hybridized carbons (Fsp3) is 0.400. The van der Waals surface area contributed by atoms with Gasteiger partial charge in [0.05, 0.1) is 19.6 Å². The smallest absolute Gasteiger partial charge is 0.321 e. The van der Waals surface area contributed by atoms with Crippen molar-refractivity contribution in [2.45, 2.75) is 56.8 Å². The Hall–Kier alpha value is -4.25. The van der Waals surface area contributed by atoms with Gasteiger partial charge >= 0.3 is 11.9 Å². The first-order chi connectivity index (χ1) is 21.8. The van der Waals surface area contributed by atoms with Gasteiger partial charge in [0.15, 0.2) is 0 Å². The highest BCUT2D eigenvalue weighted by Crippen LogP contribution is 2.29. The molecule has 1 amide bonds. The molecular weight excluding hydrogens is 572 g/mol. The molecule has 0 heterocycles. The summed E-state index contributed by atoms with van der Waals surface area (Å²) in [7, 11) is 6.59. The second-order valence-electron chi connectivity index (χ2n) is 11.0. The van der Waals surface area contributed by atoms with Crippen LogP contribution in [0.3, 0.4) is 0 Å². The van der Waals surface area contributed by atoms with Crippen LogP contribution < -0.4 is 26.0 Å². The molecule has 3 aromatic rings. The Morgan fingerprint density at radius 1 is 0.822 bits per heavy atom. The molecule has 10 heteroatoms. The van der Waals surface area contributed by atoms with Crippen molar-refractivity contribution < 1.29 is 29.0 Å². The van der Waals surface area contributed by atoms with Crippen molar-refractivity contribution in [1.82, 2.24) is 21.3 Å². The zero-order valence-corrected chi connectivity index (χ0v) is 26.6. The van der Waals surface area contributed by atoms with Crippen LogP contribution in [0.1, 0.15) is 36.0 Å². The van der Waals surface area contributed by atoms with Gasteiger partial charge in [-0.2, -0.15) is 0 Å². The number of carboxylic acid groups (broad SMARTS) is 1. The third-order valence-corrected chi connectivity index (χ3v) is 7.68. The van der Waals surface area contributed by atoms with Crippen molar-refractivity contribution in [1.29, 1.82) is 0 Å². The van der Waals surface area contributed by atoms with Crippen molar-refractivity contribution >= 4 is 17.8 Å². The Balaban J connectivity index is 1.85. The second-order valence-corrected chi connectivity index (χ2v) is 11.0. The number of methoxy groups -OCH3 is 1. The molecule has 0 fully saturated rings. The predicted octanol–water partition coefficient (Wildman–Crippen LogP) is 3.33. The molecule has 3 rings (SSSR count). The molecule has 0 saturated carbocycles. The van der Waals surface area contributed by atoms with Crippen LogP contribution in [0.5, 0.6) is 5.75 Å². The van der Waals surface area contributed by atoms with Crippen LogP contribution in [0.2, 0.25) is 0 Å². The second kappa shape index (κ2) is 18.5. The van der Waals surface area contributed by atoms with Crippen LogP contribution in [0.4, 0.5) is 0 Å². The Kier molecular flexibility index (Phi) is 14.5. The molecule has 5 N–H and O–H groups in total. The minimum atomic E-state index is -0.944. The van der Waals surface area contributed by atoms with Gasteiger partial charge < -0.3 is 35.8 Å². The largest absolute Gasteiger partial charge is 0.489 e. The number of carbonyl (C=O) groups excluding carboxylic acids is 2. The van der Waals surface area contributed by atoms with E-state index in [0.717, 1.165) is 40.8 Å². The lowest BCUT2D eigenvalue weighted by atomic mass is 9.95. The van der Waals surface area contributed by atoms with Crippen LogP contribution >= 0.6 is 0 Å². The summed E-state index contributed by atoms with van der Waals surface area (Å²) in [6, 6.07) is 21.9. The molecule has 10 nitrogen and oxygen atoms in total. The molecule has 0 aromatic heterocycles. The van der Waals surface area contributed by atoms with Gasteiger partial charge in [-0.3, -0.25) is 14.4 Å². The number of amides is 1. The molecular formula is C35H46N4O6. The summed E-state index contributed by atoms with van der Waals surface area (Å²) in [6.45, 7) is 1.16. The predicted molar refractivity (Wildman–Crippen MR) is 175 cm³/mol. The minimum absolute atomic E-state index is 0.0393. The first kappa shape index (κ1) is 35.2. The van der Waals surface area contributed by atoms with Crippen LogP contribution in [-0.2, 0) is 38.6 Å². The van der Waals surface area contributed by atoms with Gasteiger partial charge in [0.1, 0.15) is 18.4 Å². The summed E-state index contributed by atoms with van der Waals surface area (Å²) < 4.78 is 11.1. The fourth-order valence-corrected chi connectivity index (χ4v) is 5.14. The van der Waals surface area contributed by atoms with Gasteiger partial charge in [0.2, 0.25) is 5.91 Å². The van der Waals surface area contributed by atoms with Crippen molar-refractivity contribution in [2.75, 3.05) is 34.8 Å². The monoisotopic (exact) mass is 618 g/mol. The highest BCUT2D eigenvalue weighted by atomic mass is 16.5. The number of likely N-dealkylation sites (N-methyl/N-ethyl adjacent to an activating group) is 2. The van der Waals surface area contributed by atoms with E-state index in [1.807, 2.05) is 79.8 Å². The van der Waals surface area contributed by atoms with E-state index in [1.165, 1.54) is 7.11 Å². The van der Waals surface area contributed by atoms with Gasteiger partial charge in [-0.05, 0) is 86.9 Å². The molecule has 242 valence electrons. The summed E-state index contributed by atoms with van der Waals surface area (Å²) in [5, 5.41) is 21.8. The average Bonchev–Trinajstić information content (AvgIpc) is 3.05. The Morgan fingerprint density at radius 2 is 1.53 bits per heavy atom. The normalized spacial score (nSPS) is 13.0. The maximum Gasteiger partial charge on any atom is 0.321 e. The molecule has 45 heavy (non-hydrogen) atoms. The molecule has 0 aliphatic rings. The van der Waals surface area contributed by atoms with Gasteiger partial charge in [-0.25, -0.2) is 0 Å². The van der Waals surface area contributed by atoms with E-state index in [0.29, 0.717) is 25.2 Å². The summed E-state index contributed by atoms with van der Waals surface area (Å²) in [4.78, 5) is 37.2. The molecule has 0 radical (unpaired) electrons. The Morgan fingerprint density at radius 3 is 2.20 bits per heavy atom. The molecule has 3 atom stereocenters. The molecule has 0 spiro atoms. The van der Waals surface area contributed by atoms with E-state index in [2.05, 4.69) is 21.3 Å². The Labute approximate surface area is 265 Å². The summed E-state index contributed by atoms with van der Waals surface area (Å²) in [6.07, 6.45) is 2.19. The molecule has 0 saturated heterocycles. The number of hydrogen-bond donors (Lipinski definition) is 5. The van der Waals surface area contributed by atoms with Gasteiger partial charge in [-0.1, -0.05) is 60.7 Å². The fourth-order valence-electron chi connectivity index (χ4n) is 5.14. The van der Waals surface area contributed by atoms with Gasteiger partial charge in [0.25, 0.3) is 0 Å². The third-order valence-electron chi connectivity index (χ3n) is 7.68. The van der Waals surface area contributed by atoms with E-state index in [-0.39, 0.29) is 24.8 Å². The number of carbonyl (C=O) groups is 3. The number of benzene rings is 3. The summed E-state index contributed by atoms with van der Waals surface area (Å²) in [5.74, 6) is -0.886. The number of hydrogen-bond acceptors (Lipinski definition) is 8. The lowest BCUT2D eigenvalue weighted by molar-refractivity contribution is -0.141. The zero-order chi connectivity index (χ0) is 32.6. The van der Waals surface area contributed by atoms with E-state index in [4.69, 9.17) is 9.47 Å². The number of esters is 1. The van der Waals surface area contributed by atoms with E-state index < -0.39 is 24.0 Å². The van der Waals surface area contributed by atoms with Crippen LogP contribution in [0, 0.1) is 0 Å². The number of aliphatic carboxylic acids is 1. The molecule has 0 bridgehead atoms. The number of carboxylic acids is 1. The van der Waals surface area contributed by atoms with E-state index in [9.17, 15) is 19.5 Å². The van der Waals surface area contributed by atoms with Crippen LogP contribution in [-0.4, -0.2) is 75.9 Å². The first-order valence-corrected chi connectivity index (χ1v) is 15.3. The Bertz CT molecular complexity index is 1380. The van der Waals surface area contributed by atoms with E-state index >= 15 is 0 Å². The van der Waals surface area contributed by atoms with Crippen LogP contribution in [0.25, 0.3) is 11.1 Å². The topological polar surface area (TPSA) is 138 Å². The zero-order valence-electron chi connectivity index (χ0n) is 26.6. The quantitative estimate of drug-likeness (QED) is 0.101. The molecule has 0 aliphatic carbocycles. The number of nitrogens with one attached hydrogen (secondary N) is 4. The maximum absolute atomic E-state index is 13.1. The lowest BCUT2D eigenvalue weighted by Crippen LogP contribution is -2.48. The maximum atomic E-state index is 13.1. The summed E-state index contributed by atoms with van der Waals surface area (Å²) in [5.41, 5.74) is 4.53.